The molecule has 3 heteroatoms. The molecule has 0 saturated carbocycles. The lowest BCUT2D eigenvalue weighted by molar-refractivity contribution is -0.137. The van der Waals surface area contributed by atoms with Crippen molar-refractivity contribution in [3.8, 4) is 0 Å². The van der Waals surface area contributed by atoms with Crippen molar-refractivity contribution in [2.75, 3.05) is 0 Å². The minimum Gasteiger partial charge on any atom is -0.481 e. The van der Waals surface area contributed by atoms with Crippen LogP contribution in [0.4, 0.5) is 0 Å². The molecule has 0 spiro atoms. The van der Waals surface area contributed by atoms with E-state index in [9.17, 15) is 4.79 Å². The highest BCUT2D eigenvalue weighted by Crippen LogP contribution is 1.93. The number of aliphatic carboxylic acids is 1. The summed E-state index contributed by atoms with van der Waals surface area (Å²) in [5.41, 5.74) is 0. The van der Waals surface area contributed by atoms with Crippen LogP contribution in [0.1, 0.15) is 47.5 Å². The van der Waals surface area contributed by atoms with Crippen LogP contribution >= 0.6 is 0 Å². The lowest BCUT2D eigenvalue weighted by atomic mass is 10.4. The topological polar surface area (TPSA) is 46.5 Å². The first kappa shape index (κ1) is 14.9. The van der Waals surface area contributed by atoms with Gasteiger partial charge in [0.25, 0.3) is 0 Å². The summed E-state index contributed by atoms with van der Waals surface area (Å²) in [5, 5.41) is 7.91. The summed E-state index contributed by atoms with van der Waals surface area (Å²) in [4.78, 5) is 9.60. The first-order valence-electron chi connectivity index (χ1n) is 4.77. The fourth-order valence-electron chi connectivity index (χ4n) is 0.758. The second kappa shape index (κ2) is 9.52. The number of hydrogen-bond donors (Lipinski definition) is 1. The first-order valence-corrected chi connectivity index (χ1v) is 4.77. The maximum atomic E-state index is 9.60. The zero-order valence-electron chi connectivity index (χ0n) is 9.33. The van der Waals surface area contributed by atoms with Crippen LogP contribution in [-0.2, 0) is 9.53 Å². The van der Waals surface area contributed by atoms with Gasteiger partial charge in [-0.05, 0) is 34.1 Å². The van der Waals surface area contributed by atoms with E-state index < -0.39 is 5.97 Å². The Kier molecular flexibility index (Phi) is 10.9. The summed E-state index contributed by atoms with van der Waals surface area (Å²) in [6, 6.07) is 0. The molecule has 0 atom stereocenters. The molecular weight excluding hydrogens is 168 g/mol. The Morgan fingerprint density at radius 1 is 1.23 bits per heavy atom. The maximum absolute atomic E-state index is 9.60. The quantitative estimate of drug-likeness (QED) is 0.741. The fraction of sp³-hybridized carbons (Fsp3) is 0.900. The van der Waals surface area contributed by atoms with Crippen LogP contribution in [-0.4, -0.2) is 23.3 Å². The Morgan fingerprint density at radius 2 is 1.62 bits per heavy atom. The molecule has 0 aromatic heterocycles. The van der Waals surface area contributed by atoms with Crippen molar-refractivity contribution in [2.24, 2.45) is 0 Å². The Balaban J connectivity index is 0. The van der Waals surface area contributed by atoms with Gasteiger partial charge in [-0.15, -0.1) is 0 Å². The molecule has 0 radical (unpaired) electrons. The van der Waals surface area contributed by atoms with Gasteiger partial charge < -0.3 is 9.84 Å². The third kappa shape index (κ3) is 24.6. The highest BCUT2D eigenvalue weighted by molar-refractivity contribution is 5.66. The molecule has 80 valence electrons. The van der Waals surface area contributed by atoms with Crippen LogP contribution in [0.3, 0.4) is 0 Å². The van der Waals surface area contributed by atoms with Crippen LogP contribution in [0.25, 0.3) is 0 Å². The van der Waals surface area contributed by atoms with Crippen molar-refractivity contribution >= 4 is 5.97 Å². The Labute approximate surface area is 81.1 Å². The van der Waals surface area contributed by atoms with E-state index in [1.807, 2.05) is 34.6 Å². The third-order valence-electron chi connectivity index (χ3n) is 1.01. The summed E-state index contributed by atoms with van der Waals surface area (Å²) in [6.07, 6.45) is 1.77. The Morgan fingerprint density at radius 3 is 1.62 bits per heavy atom. The maximum Gasteiger partial charge on any atom is 0.303 e. The van der Waals surface area contributed by atoms with Crippen molar-refractivity contribution in [3.05, 3.63) is 0 Å². The van der Waals surface area contributed by atoms with Gasteiger partial charge in [0.2, 0.25) is 0 Å². The molecule has 3 nitrogen and oxygen atoms in total. The number of rotatable bonds is 4. The van der Waals surface area contributed by atoms with Gasteiger partial charge in [-0.25, -0.2) is 0 Å². The average Bonchev–Trinajstić information content (AvgIpc) is 1.83. The largest absolute Gasteiger partial charge is 0.481 e. The number of hydrogen-bond acceptors (Lipinski definition) is 2. The zero-order chi connectivity index (χ0) is 10.9. The van der Waals surface area contributed by atoms with E-state index in [-0.39, 0.29) is 0 Å². The van der Waals surface area contributed by atoms with Crippen molar-refractivity contribution < 1.29 is 14.6 Å². The number of ether oxygens (including phenoxy) is 1. The van der Waals surface area contributed by atoms with E-state index >= 15 is 0 Å². The summed E-state index contributed by atoms with van der Waals surface area (Å²) in [5.74, 6) is -0.711. The smallest absolute Gasteiger partial charge is 0.303 e. The molecule has 0 aromatic rings. The molecule has 0 aliphatic carbocycles. The van der Waals surface area contributed by atoms with E-state index in [1.54, 1.807) is 0 Å². The molecule has 0 aromatic carbocycles. The Hall–Kier alpha value is -0.570. The van der Waals surface area contributed by atoms with Gasteiger partial charge in [0, 0.05) is 6.42 Å². The van der Waals surface area contributed by atoms with Crippen LogP contribution in [0.2, 0.25) is 0 Å². The predicted octanol–water partition coefficient (Wildman–Crippen LogP) is 2.69. The molecule has 0 amide bonds. The van der Waals surface area contributed by atoms with E-state index in [0.717, 1.165) is 6.42 Å². The zero-order valence-corrected chi connectivity index (χ0v) is 9.33. The number of carboxylic acid groups (broad SMARTS) is 1. The minimum absolute atomic E-state index is 0.292. The van der Waals surface area contributed by atoms with Crippen molar-refractivity contribution in [1.82, 2.24) is 0 Å². The summed E-state index contributed by atoms with van der Waals surface area (Å²) < 4.78 is 5.25. The van der Waals surface area contributed by atoms with E-state index in [4.69, 9.17) is 9.84 Å². The number of carboxylic acids is 1. The molecule has 0 aliphatic rings. The summed E-state index contributed by atoms with van der Waals surface area (Å²) in [6.45, 7) is 10.0. The monoisotopic (exact) mass is 190 g/mol. The standard InChI is InChI=1S/C6H14O.C4H8O2/c1-5(2)7-6(3)4;1-2-3-4(5)6/h5-6H,1-4H3;2-3H2,1H3,(H,5,6). The van der Waals surface area contributed by atoms with Gasteiger partial charge in [-0.3, -0.25) is 4.79 Å². The average molecular weight is 190 g/mol. The van der Waals surface area contributed by atoms with Gasteiger partial charge in [0.1, 0.15) is 0 Å². The Bertz CT molecular complexity index is 113. The normalized spacial score (nSPS) is 9.77. The molecule has 0 heterocycles. The highest BCUT2D eigenvalue weighted by Gasteiger charge is 1.94. The lowest BCUT2D eigenvalue weighted by Crippen LogP contribution is -2.09. The van der Waals surface area contributed by atoms with Crippen molar-refractivity contribution in [2.45, 2.75) is 59.7 Å². The SMILES string of the molecule is CC(C)OC(C)C.CCCC(=O)O. The second-order valence-corrected chi connectivity index (χ2v) is 3.38. The molecule has 0 bridgehead atoms. The van der Waals surface area contributed by atoms with Gasteiger partial charge in [-0.1, -0.05) is 6.92 Å². The molecule has 13 heavy (non-hydrogen) atoms. The molecule has 1 N–H and O–H groups in total. The third-order valence-corrected chi connectivity index (χ3v) is 1.01. The summed E-state index contributed by atoms with van der Waals surface area (Å²) in [7, 11) is 0. The van der Waals surface area contributed by atoms with Crippen LogP contribution in [0.15, 0.2) is 0 Å². The van der Waals surface area contributed by atoms with E-state index in [2.05, 4.69) is 0 Å². The molecule has 0 fully saturated rings. The lowest BCUT2D eigenvalue weighted by Gasteiger charge is -2.09. The van der Waals surface area contributed by atoms with Gasteiger partial charge in [0.15, 0.2) is 0 Å². The molecule has 0 saturated heterocycles. The van der Waals surface area contributed by atoms with Crippen molar-refractivity contribution in [1.29, 1.82) is 0 Å². The molecule has 0 aliphatic heterocycles. The first-order chi connectivity index (χ1) is 5.90. The van der Waals surface area contributed by atoms with Crippen molar-refractivity contribution in [3.63, 3.8) is 0 Å². The predicted molar refractivity (Wildman–Crippen MR) is 53.9 cm³/mol. The van der Waals surface area contributed by atoms with E-state index in [1.165, 1.54) is 0 Å². The van der Waals surface area contributed by atoms with E-state index in [0.29, 0.717) is 18.6 Å². The molecule has 0 rings (SSSR count). The highest BCUT2D eigenvalue weighted by atomic mass is 16.5. The fourth-order valence-corrected chi connectivity index (χ4v) is 0.758. The van der Waals surface area contributed by atoms with Gasteiger partial charge in [0.05, 0.1) is 12.2 Å². The number of carbonyl (C=O) groups is 1. The molecule has 0 unspecified atom stereocenters. The van der Waals surface area contributed by atoms with Crippen LogP contribution in [0, 0.1) is 0 Å². The van der Waals surface area contributed by atoms with Gasteiger partial charge >= 0.3 is 5.97 Å². The second-order valence-electron chi connectivity index (χ2n) is 3.38. The van der Waals surface area contributed by atoms with Crippen LogP contribution in [0.5, 0.6) is 0 Å². The molecular formula is C10H22O3. The van der Waals surface area contributed by atoms with Crippen LogP contribution < -0.4 is 0 Å². The van der Waals surface area contributed by atoms with Gasteiger partial charge in [-0.2, -0.15) is 0 Å². The summed E-state index contributed by atoms with van der Waals surface area (Å²) >= 11 is 0. The minimum atomic E-state index is -0.711.